The van der Waals surface area contributed by atoms with Crippen LogP contribution in [0.4, 0.5) is 5.69 Å². The number of ether oxygens (including phenoxy) is 1. The summed E-state index contributed by atoms with van der Waals surface area (Å²) < 4.78 is 6.95. The Morgan fingerprint density at radius 2 is 1.87 bits per heavy atom. The molecular weight excluding hydrogens is 472 g/mol. The van der Waals surface area contributed by atoms with Crippen LogP contribution >= 0.6 is 15.9 Å². The van der Waals surface area contributed by atoms with E-state index in [-0.39, 0.29) is 24.7 Å². The predicted octanol–water partition coefficient (Wildman–Crippen LogP) is 2.53. The van der Waals surface area contributed by atoms with E-state index in [2.05, 4.69) is 26.3 Å². The number of carbonyl (C=O) groups excluding carboxylic acids is 1. The van der Waals surface area contributed by atoms with Gasteiger partial charge in [0.2, 0.25) is 5.88 Å². The molecule has 2 N–H and O–H groups in total. The number of aromatic nitrogens is 2. The Morgan fingerprint density at radius 1 is 1.19 bits per heavy atom. The van der Waals surface area contributed by atoms with Crippen LogP contribution in [0.3, 0.4) is 0 Å². The molecule has 0 spiro atoms. The van der Waals surface area contributed by atoms with Crippen molar-refractivity contribution in [3.63, 3.8) is 0 Å². The maximum Gasteiger partial charge on any atom is 0.318 e. The number of rotatable bonds is 7. The van der Waals surface area contributed by atoms with Crippen LogP contribution in [0.15, 0.2) is 62.6 Å². The van der Waals surface area contributed by atoms with E-state index in [0.717, 1.165) is 10.0 Å². The molecule has 0 bridgehead atoms. The molecule has 31 heavy (non-hydrogen) atoms. The van der Waals surface area contributed by atoms with E-state index in [0.29, 0.717) is 4.68 Å². The Morgan fingerprint density at radius 3 is 2.52 bits per heavy atom. The van der Waals surface area contributed by atoms with Crippen molar-refractivity contribution in [2.24, 2.45) is 0 Å². The maximum atomic E-state index is 12.8. The summed E-state index contributed by atoms with van der Waals surface area (Å²) in [5, 5.41) is 16.4. The van der Waals surface area contributed by atoms with Crippen LogP contribution in [0.5, 0.6) is 5.88 Å². The van der Waals surface area contributed by atoms with Gasteiger partial charge in [0.15, 0.2) is 5.56 Å². The molecule has 3 rings (SSSR count). The van der Waals surface area contributed by atoms with Gasteiger partial charge in [-0.15, -0.1) is 0 Å². The molecule has 0 aliphatic heterocycles. The Balaban J connectivity index is 2.04. The fourth-order valence-electron chi connectivity index (χ4n) is 2.83. The lowest BCUT2D eigenvalue weighted by Gasteiger charge is -2.13. The van der Waals surface area contributed by atoms with Crippen molar-refractivity contribution >= 4 is 27.5 Å². The van der Waals surface area contributed by atoms with E-state index >= 15 is 0 Å². The number of nitrogens with one attached hydrogen (secondary N) is 2. The van der Waals surface area contributed by atoms with Crippen LogP contribution in [0.2, 0.25) is 0 Å². The number of nitrogens with zero attached hydrogens (tertiary/aromatic N) is 2. The molecule has 0 saturated heterocycles. The molecule has 1 heterocycles. The minimum atomic E-state index is -1.15. The minimum absolute atomic E-state index is 0.0814. The quantitative estimate of drug-likeness (QED) is 0.297. The van der Waals surface area contributed by atoms with Crippen LogP contribution in [0.25, 0.3) is 5.69 Å². The molecule has 160 valence electrons. The number of carbonyl (C=O) groups is 1. The highest BCUT2D eigenvalue weighted by Gasteiger charge is 2.25. The number of nitro benzene ring substituents is 1. The minimum Gasteiger partial charge on any atom is -0.478 e. The first-order valence-corrected chi connectivity index (χ1v) is 9.91. The fourth-order valence-corrected chi connectivity index (χ4v) is 3.09. The average Bonchev–Trinajstić information content (AvgIpc) is 2.76. The molecule has 0 atom stereocenters. The van der Waals surface area contributed by atoms with Crippen molar-refractivity contribution in [1.29, 1.82) is 0 Å². The first-order chi connectivity index (χ1) is 14.8. The van der Waals surface area contributed by atoms with Gasteiger partial charge in [-0.25, -0.2) is 4.68 Å². The highest BCUT2D eigenvalue weighted by Crippen LogP contribution is 2.21. The van der Waals surface area contributed by atoms with Gasteiger partial charge < -0.3 is 10.1 Å². The molecule has 1 amide bonds. The number of hydrogen-bond donors (Lipinski definition) is 2. The lowest BCUT2D eigenvalue weighted by Crippen LogP contribution is -2.42. The second kappa shape index (κ2) is 9.39. The second-order valence-electron chi connectivity index (χ2n) is 6.27. The zero-order chi connectivity index (χ0) is 22.5. The normalized spacial score (nSPS) is 10.5. The van der Waals surface area contributed by atoms with Crippen LogP contribution in [-0.4, -0.2) is 27.2 Å². The van der Waals surface area contributed by atoms with Gasteiger partial charge in [0.1, 0.15) is 5.69 Å². The third kappa shape index (κ3) is 4.72. The van der Waals surface area contributed by atoms with Crippen LogP contribution in [-0.2, 0) is 6.54 Å². The molecule has 0 aliphatic rings. The molecule has 2 aromatic carbocycles. The Kier molecular flexibility index (Phi) is 6.65. The summed E-state index contributed by atoms with van der Waals surface area (Å²) in [5.41, 5.74) is -2.56. The highest BCUT2D eigenvalue weighted by molar-refractivity contribution is 9.10. The van der Waals surface area contributed by atoms with E-state index in [4.69, 9.17) is 4.74 Å². The predicted molar refractivity (Wildman–Crippen MR) is 116 cm³/mol. The first kappa shape index (κ1) is 22.0. The van der Waals surface area contributed by atoms with Gasteiger partial charge in [-0.2, -0.15) is 0 Å². The van der Waals surface area contributed by atoms with Crippen molar-refractivity contribution in [2.45, 2.75) is 13.5 Å². The molecule has 0 saturated carbocycles. The van der Waals surface area contributed by atoms with E-state index in [1.165, 1.54) is 24.3 Å². The van der Waals surface area contributed by atoms with Crippen LogP contribution < -0.4 is 21.0 Å². The van der Waals surface area contributed by atoms with Gasteiger partial charge in [-0.05, 0) is 30.7 Å². The van der Waals surface area contributed by atoms with Crippen LogP contribution in [0.1, 0.15) is 22.8 Å². The standard InChI is InChI=1S/C20H17BrN4O6/c1-2-31-19-16(18(27)22-11-12-7-9-13(21)10-8-12)17(26)20(28)24(23-19)14-5-3-4-6-15(14)25(29)30/h3-10,23H,2,11H2,1H3,(H,22,27). The first-order valence-electron chi connectivity index (χ1n) is 9.12. The summed E-state index contributed by atoms with van der Waals surface area (Å²) in [5.74, 6) is -1.07. The number of hydrogen-bond acceptors (Lipinski definition) is 6. The van der Waals surface area contributed by atoms with E-state index in [9.17, 15) is 24.5 Å². The largest absolute Gasteiger partial charge is 0.478 e. The summed E-state index contributed by atoms with van der Waals surface area (Å²) in [6.07, 6.45) is 0. The van der Waals surface area contributed by atoms with Crippen LogP contribution in [0, 0.1) is 10.1 Å². The van der Waals surface area contributed by atoms with Crippen molar-refractivity contribution in [3.8, 4) is 11.6 Å². The van der Waals surface area contributed by atoms with E-state index in [1.54, 1.807) is 31.2 Å². The maximum absolute atomic E-state index is 12.8. The molecule has 0 fully saturated rings. The zero-order valence-corrected chi connectivity index (χ0v) is 17.8. The summed E-state index contributed by atoms with van der Waals surface area (Å²) >= 11 is 3.32. The van der Waals surface area contributed by atoms with Gasteiger partial charge in [0.05, 0.1) is 11.5 Å². The Labute approximate surface area is 183 Å². The van der Waals surface area contributed by atoms with Gasteiger partial charge in [-0.1, -0.05) is 40.2 Å². The number of aromatic amines is 1. The lowest BCUT2D eigenvalue weighted by atomic mass is 10.2. The molecule has 0 unspecified atom stereocenters. The van der Waals surface area contributed by atoms with Gasteiger partial charge in [0.25, 0.3) is 17.0 Å². The van der Waals surface area contributed by atoms with Crippen molar-refractivity contribution < 1.29 is 14.5 Å². The van der Waals surface area contributed by atoms with Crippen molar-refractivity contribution in [3.05, 3.63) is 94.8 Å². The molecule has 1 aromatic heterocycles. The highest BCUT2D eigenvalue weighted by atomic mass is 79.9. The molecule has 3 aromatic rings. The number of halogens is 1. The van der Waals surface area contributed by atoms with E-state index in [1.807, 2.05) is 0 Å². The number of para-hydroxylation sites is 2. The third-order valence-corrected chi connectivity index (χ3v) is 4.79. The van der Waals surface area contributed by atoms with Gasteiger partial charge in [-0.3, -0.25) is 29.6 Å². The average molecular weight is 489 g/mol. The molecule has 11 heteroatoms. The smallest absolute Gasteiger partial charge is 0.318 e. The fraction of sp³-hybridized carbons (Fsp3) is 0.150. The van der Waals surface area contributed by atoms with Gasteiger partial charge >= 0.3 is 5.56 Å². The summed E-state index contributed by atoms with van der Waals surface area (Å²) in [7, 11) is 0. The molecule has 10 nitrogen and oxygen atoms in total. The molecular formula is C20H17BrN4O6. The van der Waals surface area contributed by atoms with Gasteiger partial charge in [0, 0.05) is 17.1 Å². The number of H-pyrrole nitrogens is 1. The monoisotopic (exact) mass is 488 g/mol. The third-order valence-electron chi connectivity index (χ3n) is 4.27. The SMILES string of the molecule is CCOc1[nH]n(-c2ccccc2[N+](=O)[O-])c(=O)c(=O)c1C(=O)NCc1ccc(Br)cc1. The second-order valence-corrected chi connectivity index (χ2v) is 7.19. The van der Waals surface area contributed by atoms with Crippen molar-refractivity contribution in [1.82, 2.24) is 15.1 Å². The summed E-state index contributed by atoms with van der Waals surface area (Å²) in [6, 6.07) is 12.6. The topological polar surface area (TPSA) is 136 Å². The number of nitro groups is 1. The number of benzene rings is 2. The number of amides is 1. The lowest BCUT2D eigenvalue weighted by molar-refractivity contribution is -0.384. The summed E-state index contributed by atoms with van der Waals surface area (Å²) in [6.45, 7) is 1.82. The Bertz CT molecular complexity index is 1250. The van der Waals surface area contributed by atoms with Crippen molar-refractivity contribution in [2.75, 3.05) is 6.61 Å². The molecule has 0 aliphatic carbocycles. The Hall–Kier alpha value is -3.73. The van der Waals surface area contributed by atoms with E-state index < -0.39 is 33.1 Å². The molecule has 0 radical (unpaired) electrons. The zero-order valence-electron chi connectivity index (χ0n) is 16.3. The summed E-state index contributed by atoms with van der Waals surface area (Å²) in [4.78, 5) is 48.8.